The van der Waals surface area contributed by atoms with E-state index in [4.69, 9.17) is 11.6 Å². The zero-order chi connectivity index (χ0) is 21.1. The minimum absolute atomic E-state index is 0.0389. The van der Waals surface area contributed by atoms with Crippen LogP contribution >= 0.6 is 11.6 Å². The maximum atomic E-state index is 12.9. The molecule has 1 N–H and O–H groups in total. The number of carbonyl (C=O) groups is 1. The van der Waals surface area contributed by atoms with Crippen LogP contribution in [0.1, 0.15) is 18.9 Å². The zero-order valence-corrected chi connectivity index (χ0v) is 17.1. The van der Waals surface area contributed by atoms with Crippen molar-refractivity contribution in [2.45, 2.75) is 26.3 Å². The second kappa shape index (κ2) is 8.57. The molecule has 10 heteroatoms. The Kier molecular flexibility index (Phi) is 6.63. The highest BCUT2D eigenvalue weighted by Crippen LogP contribution is 2.28. The monoisotopic (exact) mass is 425 g/mol. The minimum atomic E-state index is -3.78. The fraction of sp³-hybridized carbons (Fsp3) is 0.278. The molecule has 0 aromatic heterocycles. The molecule has 0 spiro atoms. The molecule has 1 atom stereocenters. The van der Waals surface area contributed by atoms with Gasteiger partial charge in [-0.3, -0.25) is 19.2 Å². The van der Waals surface area contributed by atoms with Crippen LogP contribution in [-0.2, 0) is 14.8 Å². The molecular weight excluding hydrogens is 406 g/mol. The molecule has 2 aromatic carbocycles. The van der Waals surface area contributed by atoms with Crippen LogP contribution in [0.3, 0.4) is 0 Å². The highest BCUT2D eigenvalue weighted by Gasteiger charge is 2.32. The van der Waals surface area contributed by atoms with Gasteiger partial charge in [-0.25, -0.2) is 8.42 Å². The van der Waals surface area contributed by atoms with Gasteiger partial charge >= 0.3 is 0 Å². The number of carbonyl (C=O) groups excluding carboxylic acids is 1. The lowest BCUT2D eigenvalue weighted by Gasteiger charge is -2.30. The number of hydrogen-bond acceptors (Lipinski definition) is 5. The van der Waals surface area contributed by atoms with Gasteiger partial charge < -0.3 is 5.32 Å². The third-order valence-electron chi connectivity index (χ3n) is 4.00. The van der Waals surface area contributed by atoms with E-state index in [-0.39, 0.29) is 22.8 Å². The molecule has 2 rings (SSSR count). The van der Waals surface area contributed by atoms with Crippen LogP contribution in [-0.4, -0.2) is 31.5 Å². The van der Waals surface area contributed by atoms with Gasteiger partial charge in [0, 0.05) is 12.1 Å². The molecule has 1 amide bonds. The lowest BCUT2D eigenvalue weighted by Crippen LogP contribution is -2.47. The summed E-state index contributed by atoms with van der Waals surface area (Å²) in [6.45, 7) is 3.49. The van der Waals surface area contributed by atoms with Gasteiger partial charge in [0.1, 0.15) is 6.04 Å². The Morgan fingerprint density at radius 1 is 1.29 bits per heavy atom. The number of amides is 1. The predicted octanol–water partition coefficient (Wildman–Crippen LogP) is 3.74. The Morgan fingerprint density at radius 3 is 2.50 bits per heavy atom. The van der Waals surface area contributed by atoms with Gasteiger partial charge in [0.25, 0.3) is 5.69 Å². The van der Waals surface area contributed by atoms with E-state index in [1.165, 1.54) is 12.1 Å². The molecule has 2 aromatic rings. The molecule has 0 saturated heterocycles. The van der Waals surface area contributed by atoms with Crippen molar-refractivity contribution in [1.29, 1.82) is 0 Å². The van der Waals surface area contributed by atoms with E-state index in [0.29, 0.717) is 5.69 Å². The van der Waals surface area contributed by atoms with Gasteiger partial charge in [-0.1, -0.05) is 30.7 Å². The van der Waals surface area contributed by atoms with Crippen molar-refractivity contribution < 1.29 is 18.1 Å². The molecule has 0 bridgehead atoms. The van der Waals surface area contributed by atoms with Gasteiger partial charge in [0.2, 0.25) is 15.9 Å². The molecule has 0 aliphatic heterocycles. The van der Waals surface area contributed by atoms with E-state index in [2.05, 4.69) is 5.32 Å². The zero-order valence-electron chi connectivity index (χ0n) is 15.5. The van der Waals surface area contributed by atoms with E-state index >= 15 is 0 Å². The standard InChI is InChI=1S/C18H20ClN3O5S/c1-4-17(21(28(3,26)27)13-7-5-6-12(2)10-13)18(23)20-16-11-14(22(24)25)8-9-15(16)19/h5-11,17H,4H2,1-3H3,(H,20,23)/t17-/m0/s1. The normalized spacial score (nSPS) is 12.3. The molecule has 0 aliphatic rings. The minimum Gasteiger partial charge on any atom is -0.323 e. The van der Waals surface area contributed by atoms with Crippen LogP contribution < -0.4 is 9.62 Å². The van der Waals surface area contributed by atoms with E-state index < -0.39 is 26.9 Å². The summed E-state index contributed by atoms with van der Waals surface area (Å²) in [6.07, 6.45) is 1.20. The number of nitro benzene ring substituents is 1. The summed E-state index contributed by atoms with van der Waals surface area (Å²) in [5, 5.41) is 13.6. The maximum Gasteiger partial charge on any atom is 0.271 e. The van der Waals surface area contributed by atoms with Gasteiger partial charge in [-0.05, 0) is 37.1 Å². The summed E-state index contributed by atoms with van der Waals surface area (Å²) in [4.78, 5) is 23.2. The van der Waals surface area contributed by atoms with Crippen molar-refractivity contribution in [3.8, 4) is 0 Å². The molecule has 150 valence electrons. The quantitative estimate of drug-likeness (QED) is 0.536. The second-order valence-corrected chi connectivity index (χ2v) is 8.50. The number of nitro groups is 1. The summed E-state index contributed by atoms with van der Waals surface area (Å²) in [6, 6.07) is 9.35. The Bertz CT molecular complexity index is 1010. The summed E-state index contributed by atoms with van der Waals surface area (Å²) >= 11 is 6.03. The molecule has 28 heavy (non-hydrogen) atoms. The number of benzene rings is 2. The third-order valence-corrected chi connectivity index (χ3v) is 5.51. The van der Waals surface area contributed by atoms with Gasteiger partial charge in [0.15, 0.2) is 0 Å². The number of anilines is 2. The van der Waals surface area contributed by atoms with Crippen molar-refractivity contribution in [2.24, 2.45) is 0 Å². The van der Waals surface area contributed by atoms with Gasteiger partial charge in [-0.15, -0.1) is 0 Å². The average molecular weight is 426 g/mol. The van der Waals surface area contributed by atoms with Crippen molar-refractivity contribution >= 4 is 44.6 Å². The number of rotatable bonds is 7. The fourth-order valence-corrected chi connectivity index (χ4v) is 4.13. The number of sulfonamides is 1. The summed E-state index contributed by atoms with van der Waals surface area (Å²) in [5.41, 5.74) is 0.987. The number of non-ortho nitro benzene ring substituents is 1. The van der Waals surface area contributed by atoms with Crippen molar-refractivity contribution in [3.05, 3.63) is 63.2 Å². The fourth-order valence-electron chi connectivity index (χ4n) is 2.76. The van der Waals surface area contributed by atoms with Crippen LogP contribution in [0.5, 0.6) is 0 Å². The van der Waals surface area contributed by atoms with Crippen LogP contribution in [0.4, 0.5) is 17.1 Å². The largest absolute Gasteiger partial charge is 0.323 e. The Hall–Kier alpha value is -2.65. The Labute approximate surface area is 168 Å². The Morgan fingerprint density at radius 2 is 1.96 bits per heavy atom. The second-order valence-electron chi connectivity index (χ2n) is 6.23. The first-order valence-corrected chi connectivity index (χ1v) is 10.6. The molecule has 0 radical (unpaired) electrons. The predicted molar refractivity (Wildman–Crippen MR) is 109 cm³/mol. The molecule has 0 saturated carbocycles. The number of aryl methyl sites for hydroxylation is 1. The first-order chi connectivity index (χ1) is 13.0. The number of hydrogen-bond donors (Lipinski definition) is 1. The van der Waals surface area contributed by atoms with Crippen molar-refractivity contribution in [3.63, 3.8) is 0 Å². The van der Waals surface area contributed by atoms with Crippen LogP contribution in [0.15, 0.2) is 42.5 Å². The van der Waals surface area contributed by atoms with Crippen molar-refractivity contribution in [1.82, 2.24) is 0 Å². The van der Waals surface area contributed by atoms with E-state index in [1.807, 2.05) is 13.0 Å². The summed E-state index contributed by atoms with van der Waals surface area (Å²) in [7, 11) is -3.78. The van der Waals surface area contributed by atoms with Crippen LogP contribution in [0.2, 0.25) is 5.02 Å². The number of nitrogens with one attached hydrogen (secondary N) is 1. The molecule has 0 unspecified atom stereocenters. The first-order valence-electron chi connectivity index (χ1n) is 8.35. The smallest absolute Gasteiger partial charge is 0.271 e. The first kappa shape index (κ1) is 21.6. The molecule has 0 aliphatic carbocycles. The molecular formula is C18H20ClN3O5S. The third kappa shape index (κ3) is 4.99. The Balaban J connectivity index is 2.43. The summed E-state index contributed by atoms with van der Waals surface area (Å²) in [5.74, 6) is -0.642. The van der Waals surface area contributed by atoms with Crippen molar-refractivity contribution in [2.75, 3.05) is 15.9 Å². The van der Waals surface area contributed by atoms with E-state index in [9.17, 15) is 23.3 Å². The highest BCUT2D eigenvalue weighted by molar-refractivity contribution is 7.92. The molecule has 0 fully saturated rings. The summed E-state index contributed by atoms with van der Waals surface area (Å²) < 4.78 is 25.9. The van der Waals surface area contributed by atoms with Gasteiger partial charge in [0.05, 0.1) is 27.6 Å². The van der Waals surface area contributed by atoms with Gasteiger partial charge in [-0.2, -0.15) is 0 Å². The lowest BCUT2D eigenvalue weighted by atomic mass is 10.1. The molecule has 0 heterocycles. The van der Waals surface area contributed by atoms with Crippen LogP contribution in [0.25, 0.3) is 0 Å². The van der Waals surface area contributed by atoms with E-state index in [0.717, 1.165) is 22.2 Å². The number of nitrogens with zero attached hydrogens (tertiary/aromatic N) is 2. The topological polar surface area (TPSA) is 110 Å². The molecule has 8 nitrogen and oxygen atoms in total. The number of halogens is 1. The SMILES string of the molecule is CC[C@@H](C(=O)Nc1cc([N+](=O)[O-])ccc1Cl)N(c1cccc(C)c1)S(C)(=O)=O. The lowest BCUT2D eigenvalue weighted by molar-refractivity contribution is -0.384. The average Bonchev–Trinajstić information content (AvgIpc) is 2.59. The highest BCUT2D eigenvalue weighted by atomic mass is 35.5. The maximum absolute atomic E-state index is 12.9. The van der Waals surface area contributed by atoms with Crippen LogP contribution in [0, 0.1) is 17.0 Å². The van der Waals surface area contributed by atoms with E-state index in [1.54, 1.807) is 25.1 Å².